The standard InChI is InChI=1S/C13H21NO2/c1-4-16-11(2)9-14-10-12-6-5-7-13(8-12)15-3/h5-8,11,14H,4,9-10H2,1-3H3. The van der Waals surface area contributed by atoms with Crippen LogP contribution >= 0.6 is 0 Å². The zero-order chi connectivity index (χ0) is 11.8. The molecule has 0 aliphatic carbocycles. The Kier molecular flexibility index (Phi) is 5.90. The Hall–Kier alpha value is -1.06. The Morgan fingerprint density at radius 3 is 2.88 bits per heavy atom. The molecule has 0 aromatic heterocycles. The predicted molar refractivity (Wildman–Crippen MR) is 65.8 cm³/mol. The van der Waals surface area contributed by atoms with Crippen molar-refractivity contribution in [2.75, 3.05) is 20.3 Å². The van der Waals surface area contributed by atoms with E-state index in [1.165, 1.54) is 5.56 Å². The van der Waals surface area contributed by atoms with Gasteiger partial charge in [0.2, 0.25) is 0 Å². The molecule has 1 rings (SSSR count). The van der Waals surface area contributed by atoms with E-state index in [0.29, 0.717) is 0 Å². The molecule has 3 nitrogen and oxygen atoms in total. The summed E-state index contributed by atoms with van der Waals surface area (Å²) in [6, 6.07) is 8.08. The summed E-state index contributed by atoms with van der Waals surface area (Å²) in [5.41, 5.74) is 1.23. The average Bonchev–Trinajstić information content (AvgIpc) is 2.30. The summed E-state index contributed by atoms with van der Waals surface area (Å²) in [6.45, 7) is 6.56. The molecule has 1 unspecified atom stereocenters. The normalized spacial score (nSPS) is 12.4. The van der Waals surface area contributed by atoms with Crippen LogP contribution in [0.2, 0.25) is 0 Å². The van der Waals surface area contributed by atoms with Gasteiger partial charge >= 0.3 is 0 Å². The molecule has 0 aliphatic heterocycles. The summed E-state index contributed by atoms with van der Waals surface area (Å²) in [5, 5.41) is 3.36. The molecule has 1 aromatic carbocycles. The van der Waals surface area contributed by atoms with Gasteiger partial charge in [0, 0.05) is 19.7 Å². The quantitative estimate of drug-likeness (QED) is 0.768. The molecule has 1 aromatic rings. The van der Waals surface area contributed by atoms with E-state index >= 15 is 0 Å². The van der Waals surface area contributed by atoms with E-state index in [1.54, 1.807) is 7.11 Å². The molecular weight excluding hydrogens is 202 g/mol. The van der Waals surface area contributed by atoms with Crippen molar-refractivity contribution >= 4 is 0 Å². The van der Waals surface area contributed by atoms with Crippen LogP contribution in [0.5, 0.6) is 5.75 Å². The topological polar surface area (TPSA) is 30.5 Å². The Morgan fingerprint density at radius 2 is 2.19 bits per heavy atom. The fraction of sp³-hybridized carbons (Fsp3) is 0.538. The van der Waals surface area contributed by atoms with Gasteiger partial charge in [-0.15, -0.1) is 0 Å². The SMILES string of the molecule is CCOC(C)CNCc1cccc(OC)c1. The molecule has 1 atom stereocenters. The lowest BCUT2D eigenvalue weighted by Gasteiger charge is -2.12. The minimum atomic E-state index is 0.260. The molecule has 0 saturated heterocycles. The highest BCUT2D eigenvalue weighted by Gasteiger charge is 2.00. The van der Waals surface area contributed by atoms with E-state index in [1.807, 2.05) is 25.1 Å². The number of hydrogen-bond acceptors (Lipinski definition) is 3. The van der Waals surface area contributed by atoms with Crippen LogP contribution in [0.4, 0.5) is 0 Å². The van der Waals surface area contributed by atoms with Gasteiger partial charge in [-0.25, -0.2) is 0 Å². The number of hydrogen-bond donors (Lipinski definition) is 1. The summed E-state index contributed by atoms with van der Waals surface area (Å²) >= 11 is 0. The third-order valence-corrected chi connectivity index (χ3v) is 2.35. The van der Waals surface area contributed by atoms with Gasteiger partial charge in [0.1, 0.15) is 5.75 Å². The monoisotopic (exact) mass is 223 g/mol. The van der Waals surface area contributed by atoms with E-state index in [0.717, 1.165) is 25.4 Å². The fourth-order valence-corrected chi connectivity index (χ4v) is 1.55. The number of ether oxygens (including phenoxy) is 2. The second kappa shape index (κ2) is 7.25. The summed E-state index contributed by atoms with van der Waals surface area (Å²) in [6.07, 6.45) is 0.260. The number of methoxy groups -OCH3 is 1. The van der Waals surface area contributed by atoms with E-state index in [4.69, 9.17) is 9.47 Å². The molecule has 0 spiro atoms. The molecule has 0 saturated carbocycles. The van der Waals surface area contributed by atoms with Crippen molar-refractivity contribution in [1.29, 1.82) is 0 Å². The minimum Gasteiger partial charge on any atom is -0.497 e. The largest absolute Gasteiger partial charge is 0.497 e. The van der Waals surface area contributed by atoms with Crippen molar-refractivity contribution in [3.63, 3.8) is 0 Å². The van der Waals surface area contributed by atoms with Crippen LogP contribution in [0.15, 0.2) is 24.3 Å². The first-order valence-corrected chi connectivity index (χ1v) is 5.71. The highest BCUT2D eigenvalue weighted by atomic mass is 16.5. The Balaban J connectivity index is 2.31. The third kappa shape index (κ3) is 4.64. The molecule has 16 heavy (non-hydrogen) atoms. The zero-order valence-corrected chi connectivity index (χ0v) is 10.3. The van der Waals surface area contributed by atoms with Gasteiger partial charge in [0.15, 0.2) is 0 Å². The van der Waals surface area contributed by atoms with Crippen LogP contribution in [0.25, 0.3) is 0 Å². The van der Waals surface area contributed by atoms with Gasteiger partial charge < -0.3 is 14.8 Å². The van der Waals surface area contributed by atoms with Crippen molar-refractivity contribution in [1.82, 2.24) is 5.32 Å². The second-order valence-electron chi connectivity index (χ2n) is 3.75. The smallest absolute Gasteiger partial charge is 0.119 e. The van der Waals surface area contributed by atoms with Gasteiger partial charge in [-0.3, -0.25) is 0 Å². The number of benzene rings is 1. The van der Waals surface area contributed by atoms with Gasteiger partial charge in [-0.1, -0.05) is 12.1 Å². The van der Waals surface area contributed by atoms with Crippen LogP contribution in [-0.4, -0.2) is 26.4 Å². The Labute approximate surface area is 97.8 Å². The molecule has 3 heteroatoms. The summed E-state index contributed by atoms with van der Waals surface area (Å²) in [5.74, 6) is 0.900. The predicted octanol–water partition coefficient (Wildman–Crippen LogP) is 2.21. The molecule has 0 bridgehead atoms. The number of rotatable bonds is 7. The van der Waals surface area contributed by atoms with Crippen LogP contribution in [0.1, 0.15) is 19.4 Å². The summed E-state index contributed by atoms with van der Waals surface area (Å²) in [4.78, 5) is 0. The molecule has 0 amide bonds. The summed E-state index contributed by atoms with van der Waals surface area (Å²) < 4.78 is 10.6. The first-order valence-electron chi connectivity index (χ1n) is 5.71. The maximum atomic E-state index is 5.44. The van der Waals surface area contributed by atoms with Crippen LogP contribution in [0.3, 0.4) is 0 Å². The van der Waals surface area contributed by atoms with Gasteiger partial charge in [0.25, 0.3) is 0 Å². The molecule has 0 aliphatic rings. The van der Waals surface area contributed by atoms with E-state index in [2.05, 4.69) is 18.3 Å². The molecular formula is C13H21NO2. The van der Waals surface area contributed by atoms with Crippen molar-refractivity contribution < 1.29 is 9.47 Å². The van der Waals surface area contributed by atoms with Crippen LogP contribution in [0, 0.1) is 0 Å². The van der Waals surface area contributed by atoms with E-state index in [9.17, 15) is 0 Å². The third-order valence-electron chi connectivity index (χ3n) is 2.35. The summed E-state index contributed by atoms with van der Waals surface area (Å²) in [7, 11) is 1.68. The van der Waals surface area contributed by atoms with E-state index < -0.39 is 0 Å². The maximum absolute atomic E-state index is 5.44. The van der Waals surface area contributed by atoms with Gasteiger partial charge in [-0.2, -0.15) is 0 Å². The van der Waals surface area contributed by atoms with Crippen LogP contribution < -0.4 is 10.1 Å². The molecule has 0 heterocycles. The Bertz CT molecular complexity index is 302. The van der Waals surface area contributed by atoms with Crippen molar-refractivity contribution in [3.8, 4) is 5.75 Å². The average molecular weight is 223 g/mol. The molecule has 1 N–H and O–H groups in total. The molecule has 0 radical (unpaired) electrons. The lowest BCUT2D eigenvalue weighted by atomic mass is 10.2. The molecule has 0 fully saturated rings. The first-order chi connectivity index (χ1) is 7.76. The number of nitrogens with one attached hydrogen (secondary N) is 1. The van der Waals surface area contributed by atoms with Crippen molar-refractivity contribution in [2.24, 2.45) is 0 Å². The van der Waals surface area contributed by atoms with Crippen molar-refractivity contribution in [3.05, 3.63) is 29.8 Å². The zero-order valence-electron chi connectivity index (χ0n) is 10.3. The molecule has 90 valence electrons. The fourth-order valence-electron chi connectivity index (χ4n) is 1.55. The lowest BCUT2D eigenvalue weighted by Crippen LogP contribution is -2.26. The highest BCUT2D eigenvalue weighted by molar-refractivity contribution is 5.28. The Morgan fingerprint density at radius 1 is 1.38 bits per heavy atom. The highest BCUT2D eigenvalue weighted by Crippen LogP contribution is 2.11. The van der Waals surface area contributed by atoms with Crippen LogP contribution in [-0.2, 0) is 11.3 Å². The first kappa shape index (κ1) is 13.0. The minimum absolute atomic E-state index is 0.260. The lowest BCUT2D eigenvalue weighted by molar-refractivity contribution is 0.0759. The van der Waals surface area contributed by atoms with Crippen molar-refractivity contribution in [2.45, 2.75) is 26.5 Å². The maximum Gasteiger partial charge on any atom is 0.119 e. The van der Waals surface area contributed by atoms with E-state index in [-0.39, 0.29) is 6.10 Å². The van der Waals surface area contributed by atoms with Gasteiger partial charge in [0.05, 0.1) is 13.2 Å². The second-order valence-corrected chi connectivity index (χ2v) is 3.75. The van der Waals surface area contributed by atoms with Gasteiger partial charge in [-0.05, 0) is 31.5 Å².